The summed E-state index contributed by atoms with van der Waals surface area (Å²) in [5.41, 5.74) is 1.54. The van der Waals surface area contributed by atoms with E-state index >= 15 is 0 Å². The van der Waals surface area contributed by atoms with Crippen molar-refractivity contribution >= 4 is 11.9 Å². The van der Waals surface area contributed by atoms with Crippen molar-refractivity contribution in [1.29, 1.82) is 0 Å². The number of carbonyl (C=O) groups is 2. The number of carboxylic acids is 2. The fourth-order valence-electron chi connectivity index (χ4n) is 3.79. The Morgan fingerprint density at radius 3 is 2.22 bits per heavy atom. The van der Waals surface area contributed by atoms with Crippen LogP contribution in [-0.4, -0.2) is 66.5 Å². The van der Waals surface area contributed by atoms with Gasteiger partial charge in [0.25, 0.3) is 0 Å². The molecule has 0 unspecified atom stereocenters. The minimum atomic E-state index is -1.82. The maximum atomic E-state index is 9.10. The van der Waals surface area contributed by atoms with Gasteiger partial charge in [-0.25, -0.2) is 9.59 Å². The molecule has 2 rings (SSSR count). The summed E-state index contributed by atoms with van der Waals surface area (Å²) in [6, 6.07) is 8.57. The van der Waals surface area contributed by atoms with E-state index in [0.717, 1.165) is 25.3 Å². The zero-order chi connectivity index (χ0) is 24.1. The highest BCUT2D eigenvalue weighted by Gasteiger charge is 2.28. The summed E-state index contributed by atoms with van der Waals surface area (Å²) in [5.74, 6) is -2.06. The largest absolute Gasteiger partial charge is 0.494 e. The molecule has 182 valence electrons. The molecule has 0 aliphatic carbocycles. The third kappa shape index (κ3) is 10.5. The molecule has 1 saturated heterocycles. The first-order valence-electron chi connectivity index (χ1n) is 11.5. The van der Waals surface area contributed by atoms with Gasteiger partial charge < -0.3 is 24.6 Å². The van der Waals surface area contributed by atoms with Gasteiger partial charge in [-0.3, -0.25) is 0 Å². The van der Waals surface area contributed by atoms with Crippen LogP contribution in [0.5, 0.6) is 5.75 Å². The molecule has 0 aromatic heterocycles. The molecule has 1 fully saturated rings. The summed E-state index contributed by atoms with van der Waals surface area (Å²) < 4.78 is 11.8. The van der Waals surface area contributed by atoms with Crippen LogP contribution in [0.2, 0.25) is 0 Å². The molecule has 1 aliphatic rings. The van der Waals surface area contributed by atoms with Gasteiger partial charge in [0.2, 0.25) is 0 Å². The van der Waals surface area contributed by atoms with Crippen LogP contribution in [0.1, 0.15) is 65.4 Å². The van der Waals surface area contributed by atoms with Crippen molar-refractivity contribution in [3.63, 3.8) is 0 Å². The number of hydrogen-bond donors (Lipinski definition) is 2. The van der Waals surface area contributed by atoms with E-state index in [0.29, 0.717) is 12.0 Å². The predicted octanol–water partition coefficient (Wildman–Crippen LogP) is 4.44. The van der Waals surface area contributed by atoms with Crippen LogP contribution < -0.4 is 4.74 Å². The summed E-state index contributed by atoms with van der Waals surface area (Å²) >= 11 is 0. The van der Waals surface area contributed by atoms with E-state index in [2.05, 4.69) is 56.9 Å². The molecule has 0 saturated carbocycles. The predicted molar refractivity (Wildman–Crippen MR) is 125 cm³/mol. The number of unbranched alkanes of at least 4 members (excludes halogenated alkanes) is 2. The molecular formula is C25H41NO6. The minimum Gasteiger partial charge on any atom is -0.494 e. The lowest BCUT2D eigenvalue weighted by molar-refractivity contribution is -0.159. The van der Waals surface area contributed by atoms with E-state index < -0.39 is 11.9 Å². The van der Waals surface area contributed by atoms with Crippen LogP contribution in [0, 0.1) is 5.92 Å². The Hall–Kier alpha value is -2.12. The normalized spacial score (nSPS) is 19.0. The molecule has 2 N–H and O–H groups in total. The quantitative estimate of drug-likeness (QED) is 0.423. The standard InChI is InChI=1S/C23H39NO2.C2H2O4/c1-6-7-8-15-24-16-13-19(22(18-24)25-5)14-17-26-21-11-9-20(10-12-21)23(2,3)4;3-1(4)2(5)6/h9-12,19,22H,6-8,13-18H2,1-5H3;(H,3,4)(H,5,6)/t19-,22-;/m0./s1. The number of hydrogen-bond acceptors (Lipinski definition) is 5. The van der Waals surface area contributed by atoms with Crippen LogP contribution in [0.4, 0.5) is 0 Å². The first-order valence-corrected chi connectivity index (χ1v) is 11.5. The Kier molecular flexibility index (Phi) is 12.3. The molecule has 1 aromatic carbocycles. The Labute approximate surface area is 192 Å². The summed E-state index contributed by atoms with van der Waals surface area (Å²) in [6.45, 7) is 13.2. The molecule has 0 bridgehead atoms. The van der Waals surface area contributed by atoms with E-state index in [-0.39, 0.29) is 5.41 Å². The van der Waals surface area contributed by atoms with Crippen molar-refractivity contribution in [3.8, 4) is 5.75 Å². The molecule has 0 spiro atoms. The Morgan fingerprint density at radius 2 is 1.72 bits per heavy atom. The Morgan fingerprint density at radius 1 is 1.09 bits per heavy atom. The topological polar surface area (TPSA) is 96.3 Å². The van der Waals surface area contributed by atoms with Crippen molar-refractivity contribution in [2.45, 2.75) is 71.3 Å². The van der Waals surface area contributed by atoms with E-state index in [9.17, 15) is 0 Å². The fourth-order valence-corrected chi connectivity index (χ4v) is 3.79. The first kappa shape index (κ1) is 27.9. The second-order valence-corrected chi connectivity index (χ2v) is 9.35. The van der Waals surface area contributed by atoms with Crippen molar-refractivity contribution in [2.75, 3.05) is 33.4 Å². The van der Waals surface area contributed by atoms with Crippen LogP contribution in [0.25, 0.3) is 0 Å². The lowest BCUT2D eigenvalue weighted by Gasteiger charge is -2.37. The lowest BCUT2D eigenvalue weighted by atomic mass is 9.87. The number of carboxylic acid groups (broad SMARTS) is 2. The maximum absolute atomic E-state index is 9.10. The summed E-state index contributed by atoms with van der Waals surface area (Å²) in [4.78, 5) is 20.8. The number of aliphatic carboxylic acids is 2. The van der Waals surface area contributed by atoms with E-state index in [1.165, 1.54) is 44.3 Å². The molecule has 32 heavy (non-hydrogen) atoms. The number of methoxy groups -OCH3 is 1. The first-order chi connectivity index (χ1) is 15.1. The summed E-state index contributed by atoms with van der Waals surface area (Å²) in [7, 11) is 1.86. The molecule has 2 atom stereocenters. The maximum Gasteiger partial charge on any atom is 0.414 e. The highest BCUT2D eigenvalue weighted by molar-refractivity contribution is 6.27. The molecule has 0 radical (unpaired) electrons. The molecule has 1 heterocycles. The zero-order valence-electron chi connectivity index (χ0n) is 20.3. The minimum absolute atomic E-state index is 0.190. The third-order valence-corrected chi connectivity index (χ3v) is 5.82. The average Bonchev–Trinajstić information content (AvgIpc) is 2.74. The van der Waals surface area contributed by atoms with Gasteiger partial charge in [-0.15, -0.1) is 0 Å². The Bertz CT molecular complexity index is 671. The highest BCUT2D eigenvalue weighted by Crippen LogP contribution is 2.26. The van der Waals surface area contributed by atoms with Crippen molar-refractivity contribution in [1.82, 2.24) is 4.90 Å². The van der Waals surface area contributed by atoms with Crippen LogP contribution in [0.3, 0.4) is 0 Å². The van der Waals surface area contributed by atoms with Crippen LogP contribution in [-0.2, 0) is 19.7 Å². The molecular weight excluding hydrogens is 410 g/mol. The molecule has 7 heteroatoms. The van der Waals surface area contributed by atoms with Gasteiger partial charge in [0.15, 0.2) is 0 Å². The van der Waals surface area contributed by atoms with Crippen LogP contribution >= 0.6 is 0 Å². The summed E-state index contributed by atoms with van der Waals surface area (Å²) in [5, 5.41) is 14.8. The fraction of sp³-hybridized carbons (Fsp3) is 0.680. The summed E-state index contributed by atoms with van der Waals surface area (Å²) in [6.07, 6.45) is 6.57. The zero-order valence-corrected chi connectivity index (χ0v) is 20.3. The third-order valence-electron chi connectivity index (χ3n) is 5.82. The molecule has 7 nitrogen and oxygen atoms in total. The van der Waals surface area contributed by atoms with Crippen molar-refractivity contribution in [2.24, 2.45) is 5.92 Å². The average molecular weight is 452 g/mol. The van der Waals surface area contributed by atoms with Crippen molar-refractivity contribution < 1.29 is 29.3 Å². The van der Waals surface area contributed by atoms with E-state index in [4.69, 9.17) is 29.3 Å². The van der Waals surface area contributed by atoms with Gasteiger partial charge in [0.05, 0.1) is 12.7 Å². The Balaban J connectivity index is 0.000000751. The number of piperidine rings is 1. The van der Waals surface area contributed by atoms with Gasteiger partial charge >= 0.3 is 11.9 Å². The van der Waals surface area contributed by atoms with Gasteiger partial charge in [-0.1, -0.05) is 52.7 Å². The van der Waals surface area contributed by atoms with Gasteiger partial charge in [0, 0.05) is 13.7 Å². The molecule has 0 amide bonds. The van der Waals surface area contributed by atoms with Gasteiger partial charge in [0.1, 0.15) is 5.75 Å². The smallest absolute Gasteiger partial charge is 0.414 e. The number of nitrogens with zero attached hydrogens (tertiary/aromatic N) is 1. The van der Waals surface area contributed by atoms with E-state index in [1.54, 1.807) is 0 Å². The monoisotopic (exact) mass is 451 g/mol. The number of rotatable bonds is 9. The number of likely N-dealkylation sites (tertiary alicyclic amines) is 1. The lowest BCUT2D eigenvalue weighted by Crippen LogP contribution is -2.45. The molecule has 1 aliphatic heterocycles. The van der Waals surface area contributed by atoms with Crippen molar-refractivity contribution in [3.05, 3.63) is 29.8 Å². The van der Waals surface area contributed by atoms with Crippen LogP contribution in [0.15, 0.2) is 24.3 Å². The number of benzene rings is 1. The number of ether oxygens (including phenoxy) is 2. The van der Waals surface area contributed by atoms with E-state index in [1.807, 2.05) is 7.11 Å². The highest BCUT2D eigenvalue weighted by atomic mass is 16.5. The second-order valence-electron chi connectivity index (χ2n) is 9.35. The molecule has 1 aromatic rings. The van der Waals surface area contributed by atoms with Gasteiger partial charge in [-0.2, -0.15) is 0 Å². The van der Waals surface area contributed by atoms with Gasteiger partial charge in [-0.05, 0) is 61.4 Å². The SMILES string of the molecule is CCCCCN1CC[C@@H](CCOc2ccc(C(C)(C)C)cc2)[C@@H](OC)C1.O=C(O)C(=O)O. The second kappa shape index (κ2) is 14.1.